The molecule has 0 bridgehead atoms. The minimum Gasteiger partial charge on any atom is -0.496 e. The maximum Gasteiger partial charge on any atom is 0.130 e. The Balaban J connectivity index is 3.09. The van der Waals surface area contributed by atoms with E-state index in [-0.39, 0.29) is 11.8 Å². The van der Waals surface area contributed by atoms with Crippen LogP contribution in [-0.2, 0) is 4.79 Å². The number of hydrogen-bond donors (Lipinski definition) is 1. The zero-order valence-electron chi connectivity index (χ0n) is 12.4. The van der Waals surface area contributed by atoms with Gasteiger partial charge in [-0.05, 0) is 33.4 Å². The molecule has 1 aromatic rings. The summed E-state index contributed by atoms with van der Waals surface area (Å²) in [5.74, 6) is 1.83. The van der Waals surface area contributed by atoms with E-state index in [0.717, 1.165) is 29.0 Å². The average Bonchev–Trinajstić information content (AvgIpc) is 2.39. The lowest BCUT2D eigenvalue weighted by Gasteiger charge is -2.21. The number of hydrogen-bond acceptors (Lipinski definition) is 4. The van der Waals surface area contributed by atoms with Crippen LogP contribution in [0.25, 0.3) is 0 Å². The van der Waals surface area contributed by atoms with Crippen LogP contribution in [0.5, 0.6) is 11.5 Å². The van der Waals surface area contributed by atoms with Gasteiger partial charge < -0.3 is 19.6 Å². The molecule has 1 rings (SSSR count). The minimum atomic E-state index is 0.100. The van der Waals surface area contributed by atoms with E-state index < -0.39 is 0 Å². The number of ether oxygens (including phenoxy) is 2. The van der Waals surface area contributed by atoms with Gasteiger partial charge in [0.05, 0.1) is 14.2 Å². The van der Waals surface area contributed by atoms with E-state index in [9.17, 15) is 4.79 Å². The third-order valence-corrected chi connectivity index (χ3v) is 3.32. The van der Waals surface area contributed by atoms with Gasteiger partial charge in [0.25, 0.3) is 0 Å². The molecule has 1 unspecified atom stereocenters. The summed E-state index contributed by atoms with van der Waals surface area (Å²) < 4.78 is 10.8. The molecule has 106 valence electrons. The first kappa shape index (κ1) is 15.5. The van der Waals surface area contributed by atoms with Crippen molar-refractivity contribution in [3.63, 3.8) is 0 Å². The molecule has 0 radical (unpaired) electrons. The lowest BCUT2D eigenvalue weighted by molar-refractivity contribution is -0.117. The van der Waals surface area contributed by atoms with Crippen molar-refractivity contribution in [1.82, 2.24) is 5.32 Å². The summed E-state index contributed by atoms with van der Waals surface area (Å²) in [6.45, 7) is 3.59. The van der Waals surface area contributed by atoms with Crippen molar-refractivity contribution in [3.05, 3.63) is 23.3 Å². The van der Waals surface area contributed by atoms with Crippen LogP contribution in [-0.4, -0.2) is 27.1 Å². The van der Waals surface area contributed by atoms with Crippen molar-refractivity contribution in [3.8, 4) is 11.5 Å². The van der Waals surface area contributed by atoms with Gasteiger partial charge in [-0.2, -0.15) is 0 Å². The number of ketones is 1. The molecule has 0 saturated heterocycles. The number of Topliss-reactive ketones (excluding diaryl/α,β-unsaturated/α-hetero) is 1. The number of carbonyl (C=O) groups is 1. The standard InChI is InChI=1S/C15H23NO3/c1-10(17)6-8-13(16-3)12-7-9-14(18-4)11(2)15(12)19-5/h7,9,13,16H,6,8H2,1-5H3. The molecule has 0 spiro atoms. The molecule has 1 aromatic carbocycles. The smallest absolute Gasteiger partial charge is 0.130 e. The monoisotopic (exact) mass is 265 g/mol. The van der Waals surface area contributed by atoms with Gasteiger partial charge in [0.1, 0.15) is 17.3 Å². The highest BCUT2D eigenvalue weighted by atomic mass is 16.5. The fourth-order valence-electron chi connectivity index (χ4n) is 2.26. The zero-order valence-corrected chi connectivity index (χ0v) is 12.4. The number of benzene rings is 1. The van der Waals surface area contributed by atoms with Crippen LogP contribution in [0.1, 0.15) is 36.9 Å². The Bertz CT molecular complexity index is 443. The molecule has 19 heavy (non-hydrogen) atoms. The Morgan fingerprint density at radius 1 is 1.32 bits per heavy atom. The van der Waals surface area contributed by atoms with Crippen LogP contribution < -0.4 is 14.8 Å². The van der Waals surface area contributed by atoms with Crippen molar-refractivity contribution in [2.75, 3.05) is 21.3 Å². The van der Waals surface area contributed by atoms with E-state index in [1.54, 1.807) is 21.1 Å². The van der Waals surface area contributed by atoms with E-state index in [1.807, 2.05) is 26.1 Å². The summed E-state index contributed by atoms with van der Waals surface area (Å²) in [5, 5.41) is 3.24. The predicted molar refractivity (Wildman–Crippen MR) is 76.0 cm³/mol. The predicted octanol–water partition coefficient (Wildman–Crippen LogP) is 2.64. The summed E-state index contributed by atoms with van der Waals surface area (Å²) in [6, 6.07) is 4.03. The fourth-order valence-corrected chi connectivity index (χ4v) is 2.26. The third-order valence-electron chi connectivity index (χ3n) is 3.32. The quantitative estimate of drug-likeness (QED) is 0.823. The highest BCUT2D eigenvalue weighted by molar-refractivity contribution is 5.75. The van der Waals surface area contributed by atoms with Gasteiger partial charge in [0, 0.05) is 23.6 Å². The molecule has 0 fully saturated rings. The topological polar surface area (TPSA) is 47.6 Å². The van der Waals surface area contributed by atoms with E-state index in [2.05, 4.69) is 5.32 Å². The first-order valence-corrected chi connectivity index (χ1v) is 6.43. The van der Waals surface area contributed by atoms with Gasteiger partial charge in [-0.3, -0.25) is 0 Å². The Morgan fingerprint density at radius 2 is 2.00 bits per heavy atom. The molecule has 0 amide bonds. The van der Waals surface area contributed by atoms with Crippen molar-refractivity contribution < 1.29 is 14.3 Å². The summed E-state index contributed by atoms with van der Waals surface area (Å²) in [4.78, 5) is 11.1. The second-order valence-electron chi connectivity index (χ2n) is 4.60. The molecule has 0 aliphatic rings. The summed E-state index contributed by atoms with van der Waals surface area (Å²) >= 11 is 0. The molecule has 1 N–H and O–H groups in total. The Labute approximate surface area is 115 Å². The lowest BCUT2D eigenvalue weighted by Crippen LogP contribution is -2.18. The molecular formula is C15H23NO3. The Morgan fingerprint density at radius 3 is 2.47 bits per heavy atom. The molecule has 0 aromatic heterocycles. The fraction of sp³-hybridized carbons (Fsp3) is 0.533. The first-order chi connectivity index (χ1) is 9.04. The highest BCUT2D eigenvalue weighted by Crippen LogP contribution is 2.36. The zero-order chi connectivity index (χ0) is 14.4. The molecular weight excluding hydrogens is 242 g/mol. The van der Waals surface area contributed by atoms with Crippen LogP contribution in [0, 0.1) is 6.92 Å². The van der Waals surface area contributed by atoms with Gasteiger partial charge >= 0.3 is 0 Å². The van der Waals surface area contributed by atoms with Crippen molar-refractivity contribution in [2.45, 2.75) is 32.7 Å². The summed E-state index contributed by atoms with van der Waals surface area (Å²) in [5.41, 5.74) is 2.04. The molecule has 0 aliphatic heterocycles. The molecule has 0 aliphatic carbocycles. The van der Waals surface area contributed by atoms with Crippen LogP contribution in [0.3, 0.4) is 0 Å². The first-order valence-electron chi connectivity index (χ1n) is 6.43. The van der Waals surface area contributed by atoms with Crippen molar-refractivity contribution in [2.24, 2.45) is 0 Å². The van der Waals surface area contributed by atoms with Crippen LogP contribution in [0.2, 0.25) is 0 Å². The van der Waals surface area contributed by atoms with E-state index >= 15 is 0 Å². The van der Waals surface area contributed by atoms with Gasteiger partial charge in [-0.25, -0.2) is 0 Å². The average molecular weight is 265 g/mol. The summed E-state index contributed by atoms with van der Waals surface area (Å²) in [7, 11) is 5.19. The van der Waals surface area contributed by atoms with E-state index in [4.69, 9.17) is 9.47 Å². The van der Waals surface area contributed by atoms with Gasteiger partial charge in [-0.15, -0.1) is 0 Å². The number of rotatable bonds is 7. The normalized spacial score (nSPS) is 12.1. The van der Waals surface area contributed by atoms with E-state index in [0.29, 0.717) is 6.42 Å². The molecule has 4 nitrogen and oxygen atoms in total. The number of methoxy groups -OCH3 is 2. The lowest BCUT2D eigenvalue weighted by atomic mass is 9.97. The Hall–Kier alpha value is -1.55. The number of carbonyl (C=O) groups excluding carboxylic acids is 1. The molecule has 0 heterocycles. The summed E-state index contributed by atoms with van der Waals surface area (Å²) in [6.07, 6.45) is 1.31. The van der Waals surface area contributed by atoms with Gasteiger partial charge in [0.15, 0.2) is 0 Å². The second kappa shape index (κ2) is 7.14. The van der Waals surface area contributed by atoms with Crippen molar-refractivity contribution in [1.29, 1.82) is 0 Å². The Kier molecular flexibility index (Phi) is 5.83. The molecule has 4 heteroatoms. The maximum atomic E-state index is 11.1. The largest absolute Gasteiger partial charge is 0.496 e. The second-order valence-corrected chi connectivity index (χ2v) is 4.60. The highest BCUT2D eigenvalue weighted by Gasteiger charge is 2.18. The van der Waals surface area contributed by atoms with Gasteiger partial charge in [-0.1, -0.05) is 6.07 Å². The number of nitrogens with one attached hydrogen (secondary N) is 1. The van der Waals surface area contributed by atoms with Crippen molar-refractivity contribution >= 4 is 5.78 Å². The molecule has 0 saturated carbocycles. The third kappa shape index (κ3) is 3.70. The minimum absolute atomic E-state index is 0.100. The van der Waals surface area contributed by atoms with Crippen LogP contribution >= 0.6 is 0 Å². The van der Waals surface area contributed by atoms with Gasteiger partial charge in [0.2, 0.25) is 0 Å². The van der Waals surface area contributed by atoms with Crippen LogP contribution in [0.15, 0.2) is 12.1 Å². The van der Waals surface area contributed by atoms with Crippen LogP contribution in [0.4, 0.5) is 0 Å². The van der Waals surface area contributed by atoms with E-state index in [1.165, 1.54) is 0 Å². The SMILES string of the molecule is CNC(CCC(C)=O)c1ccc(OC)c(C)c1OC. The molecule has 1 atom stereocenters. The maximum absolute atomic E-state index is 11.1.